The van der Waals surface area contributed by atoms with Crippen LogP contribution >= 0.6 is 11.6 Å². The molecule has 0 saturated heterocycles. The smallest absolute Gasteiger partial charge is 0.337 e. The molecule has 0 aliphatic rings. The molecular formula is C9H11ClO2. The Bertz CT molecular complexity index is 333. The number of hydrogen-bond donors (Lipinski definition) is 0. The highest BCUT2D eigenvalue weighted by Crippen LogP contribution is 2.22. The fraction of sp³-hybridized carbons (Fsp3) is 0.444. The van der Waals surface area contributed by atoms with Gasteiger partial charge < -0.3 is 4.42 Å². The molecule has 0 radical (unpaired) electrons. The average Bonchev–Trinajstić information content (AvgIpc) is 1.82. The van der Waals surface area contributed by atoms with E-state index in [0.717, 1.165) is 0 Å². The maximum absolute atomic E-state index is 10.9. The SMILES string of the molecule is CC(C)(C)c1cc(Cl)cc(=O)o1. The highest BCUT2D eigenvalue weighted by molar-refractivity contribution is 6.30. The van der Waals surface area contributed by atoms with Crippen molar-refractivity contribution in [1.82, 2.24) is 0 Å². The van der Waals surface area contributed by atoms with Gasteiger partial charge in [-0.2, -0.15) is 0 Å². The summed E-state index contributed by atoms with van der Waals surface area (Å²) in [6.45, 7) is 5.88. The molecule has 0 saturated carbocycles. The summed E-state index contributed by atoms with van der Waals surface area (Å²) in [4.78, 5) is 10.9. The second-order valence-corrected chi connectivity index (χ2v) is 4.15. The van der Waals surface area contributed by atoms with Crippen molar-refractivity contribution in [3.8, 4) is 0 Å². The molecule has 66 valence electrons. The van der Waals surface area contributed by atoms with Gasteiger partial charge in [-0.25, -0.2) is 4.79 Å². The van der Waals surface area contributed by atoms with Crippen LogP contribution in [0.5, 0.6) is 0 Å². The van der Waals surface area contributed by atoms with Crippen LogP contribution < -0.4 is 5.63 Å². The Kier molecular flexibility index (Phi) is 2.29. The van der Waals surface area contributed by atoms with Crippen molar-refractivity contribution in [2.75, 3.05) is 0 Å². The summed E-state index contributed by atoms with van der Waals surface area (Å²) in [5.41, 5.74) is -0.572. The van der Waals surface area contributed by atoms with E-state index in [-0.39, 0.29) is 5.41 Å². The molecular weight excluding hydrogens is 176 g/mol. The van der Waals surface area contributed by atoms with Crippen LogP contribution in [0.1, 0.15) is 26.5 Å². The molecule has 0 fully saturated rings. The summed E-state index contributed by atoms with van der Waals surface area (Å²) >= 11 is 5.70. The molecule has 0 amide bonds. The molecule has 1 aromatic rings. The van der Waals surface area contributed by atoms with E-state index in [1.165, 1.54) is 6.07 Å². The van der Waals surface area contributed by atoms with Gasteiger partial charge in [0.25, 0.3) is 0 Å². The zero-order valence-corrected chi connectivity index (χ0v) is 8.11. The van der Waals surface area contributed by atoms with Crippen LogP contribution in [0.3, 0.4) is 0 Å². The van der Waals surface area contributed by atoms with Crippen molar-refractivity contribution in [3.05, 3.63) is 33.3 Å². The molecule has 0 aliphatic heterocycles. The third-order valence-corrected chi connectivity index (χ3v) is 1.69. The van der Waals surface area contributed by atoms with Crippen LogP contribution in [0.25, 0.3) is 0 Å². The van der Waals surface area contributed by atoms with Gasteiger partial charge in [-0.3, -0.25) is 0 Å². The van der Waals surface area contributed by atoms with Crippen LogP contribution in [-0.4, -0.2) is 0 Å². The third kappa shape index (κ3) is 2.11. The van der Waals surface area contributed by atoms with Crippen molar-refractivity contribution in [2.45, 2.75) is 26.2 Å². The molecule has 0 N–H and O–H groups in total. The molecule has 0 atom stereocenters. The first kappa shape index (κ1) is 9.33. The minimum Gasteiger partial charge on any atom is -0.427 e. The maximum Gasteiger partial charge on any atom is 0.337 e. The standard InChI is InChI=1S/C9H11ClO2/c1-9(2,3)7-4-6(10)5-8(11)12-7/h4-5H,1-3H3. The minimum absolute atomic E-state index is 0.177. The highest BCUT2D eigenvalue weighted by atomic mass is 35.5. The molecule has 12 heavy (non-hydrogen) atoms. The third-order valence-electron chi connectivity index (χ3n) is 1.47. The predicted molar refractivity (Wildman–Crippen MR) is 48.7 cm³/mol. The number of hydrogen-bond acceptors (Lipinski definition) is 2. The summed E-state index contributed by atoms with van der Waals surface area (Å²) in [5.74, 6) is 0.611. The fourth-order valence-corrected chi connectivity index (χ4v) is 1.00. The maximum atomic E-state index is 10.9. The quantitative estimate of drug-likeness (QED) is 0.624. The van der Waals surface area contributed by atoms with E-state index in [0.29, 0.717) is 10.8 Å². The molecule has 2 nitrogen and oxygen atoms in total. The van der Waals surface area contributed by atoms with Gasteiger partial charge in [-0.05, 0) is 6.07 Å². The van der Waals surface area contributed by atoms with Gasteiger partial charge in [0.2, 0.25) is 0 Å². The van der Waals surface area contributed by atoms with Crippen molar-refractivity contribution < 1.29 is 4.42 Å². The predicted octanol–water partition coefficient (Wildman–Crippen LogP) is 2.59. The molecule has 0 bridgehead atoms. The Balaban J connectivity index is 3.27. The topological polar surface area (TPSA) is 30.2 Å². The van der Waals surface area contributed by atoms with E-state index in [9.17, 15) is 4.79 Å². The molecule has 0 spiro atoms. The first-order valence-corrected chi connectivity index (χ1v) is 4.08. The lowest BCUT2D eigenvalue weighted by Crippen LogP contribution is -2.14. The zero-order valence-electron chi connectivity index (χ0n) is 7.35. The summed E-state index contributed by atoms with van der Waals surface area (Å²) in [5, 5.41) is 0.427. The normalized spacial score (nSPS) is 11.7. The average molecular weight is 187 g/mol. The highest BCUT2D eigenvalue weighted by Gasteiger charge is 2.17. The Morgan fingerprint density at radius 2 is 1.92 bits per heavy atom. The summed E-state index contributed by atoms with van der Waals surface area (Å²) < 4.78 is 4.98. The van der Waals surface area contributed by atoms with Gasteiger partial charge >= 0.3 is 5.63 Å². The molecule has 1 rings (SSSR count). The van der Waals surface area contributed by atoms with Crippen LogP contribution in [-0.2, 0) is 5.41 Å². The summed E-state index contributed by atoms with van der Waals surface area (Å²) in [6, 6.07) is 2.93. The van der Waals surface area contributed by atoms with Crippen LogP contribution in [0.2, 0.25) is 5.02 Å². The van der Waals surface area contributed by atoms with Gasteiger partial charge in [-0.15, -0.1) is 0 Å². The zero-order chi connectivity index (χ0) is 9.35. The van der Waals surface area contributed by atoms with Crippen molar-refractivity contribution in [2.24, 2.45) is 0 Å². The first-order chi connectivity index (χ1) is 5.39. The number of rotatable bonds is 0. The van der Waals surface area contributed by atoms with Crippen LogP contribution in [0.15, 0.2) is 21.3 Å². The second-order valence-electron chi connectivity index (χ2n) is 3.71. The van der Waals surface area contributed by atoms with Gasteiger partial charge in [-0.1, -0.05) is 32.4 Å². The fourth-order valence-electron chi connectivity index (χ4n) is 0.816. The Hall–Kier alpha value is -0.760. The number of halogens is 1. The van der Waals surface area contributed by atoms with E-state index in [1.54, 1.807) is 6.07 Å². The van der Waals surface area contributed by atoms with Gasteiger partial charge in [0.1, 0.15) is 5.76 Å². The van der Waals surface area contributed by atoms with Gasteiger partial charge in [0, 0.05) is 11.5 Å². The monoisotopic (exact) mass is 186 g/mol. The lowest BCUT2D eigenvalue weighted by Gasteiger charge is -2.15. The van der Waals surface area contributed by atoms with E-state index in [4.69, 9.17) is 16.0 Å². The van der Waals surface area contributed by atoms with Crippen molar-refractivity contribution >= 4 is 11.6 Å². The van der Waals surface area contributed by atoms with Crippen LogP contribution in [0, 0.1) is 0 Å². The Morgan fingerprint density at radius 3 is 2.33 bits per heavy atom. The van der Waals surface area contributed by atoms with Crippen molar-refractivity contribution in [1.29, 1.82) is 0 Å². The summed E-state index contributed by atoms with van der Waals surface area (Å²) in [6.07, 6.45) is 0. The lowest BCUT2D eigenvalue weighted by atomic mass is 9.93. The molecule has 3 heteroatoms. The first-order valence-electron chi connectivity index (χ1n) is 3.71. The Labute approximate surface area is 76.2 Å². The molecule has 0 unspecified atom stereocenters. The largest absolute Gasteiger partial charge is 0.427 e. The second kappa shape index (κ2) is 2.94. The molecule has 1 aromatic heterocycles. The molecule has 1 heterocycles. The van der Waals surface area contributed by atoms with E-state index < -0.39 is 5.63 Å². The summed E-state index contributed by atoms with van der Waals surface area (Å²) in [7, 11) is 0. The Morgan fingerprint density at radius 1 is 1.33 bits per heavy atom. The van der Waals surface area contributed by atoms with E-state index in [1.807, 2.05) is 20.8 Å². The van der Waals surface area contributed by atoms with Gasteiger partial charge in [0.15, 0.2) is 0 Å². The minimum atomic E-state index is -0.396. The molecule has 0 aliphatic carbocycles. The lowest BCUT2D eigenvalue weighted by molar-refractivity contribution is 0.377. The van der Waals surface area contributed by atoms with E-state index >= 15 is 0 Å². The van der Waals surface area contributed by atoms with Gasteiger partial charge in [0.05, 0.1) is 5.02 Å². The van der Waals surface area contributed by atoms with Crippen LogP contribution in [0.4, 0.5) is 0 Å². The van der Waals surface area contributed by atoms with Crippen molar-refractivity contribution in [3.63, 3.8) is 0 Å². The molecule has 0 aromatic carbocycles. The van der Waals surface area contributed by atoms with E-state index in [2.05, 4.69) is 0 Å².